The van der Waals surface area contributed by atoms with Crippen LogP contribution in [0.1, 0.15) is 30.1 Å². The van der Waals surface area contributed by atoms with Gasteiger partial charge in [-0.1, -0.05) is 47.5 Å². The van der Waals surface area contributed by atoms with Crippen LogP contribution in [0.15, 0.2) is 42.5 Å². The van der Waals surface area contributed by atoms with E-state index in [4.69, 9.17) is 27.9 Å². The fourth-order valence-electron chi connectivity index (χ4n) is 2.68. The normalized spacial score (nSPS) is 16.7. The first kappa shape index (κ1) is 15.2. The highest BCUT2D eigenvalue weighted by atomic mass is 35.5. The number of ether oxygens (including phenoxy) is 1. The zero-order chi connectivity index (χ0) is 15.5. The second kappa shape index (κ2) is 6.59. The molecule has 0 saturated heterocycles. The summed E-state index contributed by atoms with van der Waals surface area (Å²) in [4.78, 5) is 12.1. The molecule has 0 radical (unpaired) electrons. The van der Waals surface area contributed by atoms with Gasteiger partial charge in [0.15, 0.2) is 0 Å². The van der Waals surface area contributed by atoms with Crippen LogP contribution in [-0.4, -0.2) is 6.09 Å². The van der Waals surface area contributed by atoms with Crippen LogP contribution in [-0.2, 0) is 11.2 Å². The van der Waals surface area contributed by atoms with Crippen molar-refractivity contribution in [3.63, 3.8) is 0 Å². The molecule has 1 N–H and O–H groups in total. The molecule has 5 heteroatoms. The number of nitrogens with one attached hydrogen (secondary N) is 1. The molecule has 1 aliphatic carbocycles. The average molecular weight is 336 g/mol. The average Bonchev–Trinajstić information content (AvgIpc) is 2.51. The molecule has 0 fully saturated rings. The third-order valence-corrected chi connectivity index (χ3v) is 4.47. The van der Waals surface area contributed by atoms with Gasteiger partial charge in [0.2, 0.25) is 0 Å². The molecule has 0 aliphatic heterocycles. The molecule has 114 valence electrons. The predicted molar refractivity (Wildman–Crippen MR) is 88.7 cm³/mol. The van der Waals surface area contributed by atoms with E-state index in [1.165, 1.54) is 5.56 Å². The molecule has 3 nitrogen and oxygen atoms in total. The molecule has 0 unspecified atom stereocenters. The highest BCUT2D eigenvalue weighted by Gasteiger charge is 2.23. The first-order chi connectivity index (χ1) is 10.6. The predicted octanol–water partition coefficient (Wildman–Crippen LogP) is 5.62. The summed E-state index contributed by atoms with van der Waals surface area (Å²) in [6, 6.07) is 13.0. The zero-order valence-electron chi connectivity index (χ0n) is 11.8. The third kappa shape index (κ3) is 3.37. The lowest BCUT2D eigenvalue weighted by atomic mass is 9.89. The van der Waals surface area contributed by atoms with E-state index in [9.17, 15) is 4.79 Å². The van der Waals surface area contributed by atoms with E-state index in [1.54, 1.807) is 18.2 Å². The number of anilines is 1. The summed E-state index contributed by atoms with van der Waals surface area (Å²) in [5, 5.41) is 3.52. The lowest BCUT2D eigenvalue weighted by Crippen LogP contribution is -2.20. The molecular formula is C17H15Cl2NO2. The standard InChI is InChI=1S/C17H15Cl2NO2/c18-14-9-8-12(10-15(14)19)20-17(21)22-16-7-3-5-11-4-1-2-6-13(11)16/h1-2,4,6,8-10,16H,3,5,7H2,(H,20,21)/t16-/m0/s1. The highest BCUT2D eigenvalue weighted by Crippen LogP contribution is 2.32. The molecule has 2 aromatic carbocycles. The van der Waals surface area contributed by atoms with Crippen molar-refractivity contribution in [1.82, 2.24) is 0 Å². The summed E-state index contributed by atoms with van der Waals surface area (Å²) in [6.07, 6.45) is 2.20. The van der Waals surface area contributed by atoms with Gasteiger partial charge in [-0.2, -0.15) is 0 Å². The highest BCUT2D eigenvalue weighted by molar-refractivity contribution is 6.42. The summed E-state index contributed by atoms with van der Waals surface area (Å²) in [5.41, 5.74) is 2.91. The van der Waals surface area contributed by atoms with Crippen molar-refractivity contribution < 1.29 is 9.53 Å². The van der Waals surface area contributed by atoms with Crippen LogP contribution >= 0.6 is 23.2 Å². The first-order valence-electron chi connectivity index (χ1n) is 7.14. The topological polar surface area (TPSA) is 38.3 Å². The van der Waals surface area contributed by atoms with Crippen molar-refractivity contribution in [2.24, 2.45) is 0 Å². The van der Waals surface area contributed by atoms with E-state index in [0.717, 1.165) is 24.8 Å². The van der Waals surface area contributed by atoms with Gasteiger partial charge in [-0.05, 0) is 48.6 Å². The molecule has 0 saturated carbocycles. The quantitative estimate of drug-likeness (QED) is 0.773. The SMILES string of the molecule is O=C(Nc1ccc(Cl)c(Cl)c1)O[C@H]1CCCc2ccccc21. The second-order valence-electron chi connectivity index (χ2n) is 5.24. The maximum absolute atomic E-state index is 12.1. The van der Waals surface area contributed by atoms with Crippen molar-refractivity contribution in [3.8, 4) is 0 Å². The van der Waals surface area contributed by atoms with E-state index in [0.29, 0.717) is 15.7 Å². The van der Waals surface area contributed by atoms with Crippen molar-refractivity contribution in [2.75, 3.05) is 5.32 Å². The van der Waals surface area contributed by atoms with Gasteiger partial charge in [-0.15, -0.1) is 0 Å². The number of aryl methyl sites for hydroxylation is 1. The summed E-state index contributed by atoms with van der Waals surface area (Å²) in [5.74, 6) is 0. The molecule has 1 atom stereocenters. The van der Waals surface area contributed by atoms with Crippen LogP contribution < -0.4 is 5.32 Å². The fraction of sp³-hybridized carbons (Fsp3) is 0.235. The Labute approximate surface area is 139 Å². The smallest absolute Gasteiger partial charge is 0.412 e. The van der Waals surface area contributed by atoms with Gasteiger partial charge < -0.3 is 4.74 Å². The van der Waals surface area contributed by atoms with E-state index >= 15 is 0 Å². The number of hydrogen-bond donors (Lipinski definition) is 1. The van der Waals surface area contributed by atoms with Crippen molar-refractivity contribution in [1.29, 1.82) is 0 Å². The Bertz CT molecular complexity index is 703. The van der Waals surface area contributed by atoms with Crippen LogP contribution in [0.3, 0.4) is 0 Å². The van der Waals surface area contributed by atoms with Crippen molar-refractivity contribution >= 4 is 35.0 Å². The molecule has 0 bridgehead atoms. The molecule has 0 spiro atoms. The molecule has 2 aromatic rings. The summed E-state index contributed by atoms with van der Waals surface area (Å²) < 4.78 is 5.57. The Morgan fingerprint density at radius 1 is 1.14 bits per heavy atom. The fourth-order valence-corrected chi connectivity index (χ4v) is 2.98. The van der Waals surface area contributed by atoms with Crippen LogP contribution in [0.5, 0.6) is 0 Å². The number of carbonyl (C=O) groups excluding carboxylic acids is 1. The van der Waals surface area contributed by atoms with Gasteiger partial charge in [-0.25, -0.2) is 4.79 Å². The number of carbonyl (C=O) groups is 1. The number of fused-ring (bicyclic) bond motifs is 1. The molecule has 0 aromatic heterocycles. The Hall–Kier alpha value is -1.71. The molecule has 22 heavy (non-hydrogen) atoms. The van der Waals surface area contributed by atoms with Crippen molar-refractivity contribution in [3.05, 3.63) is 63.6 Å². The van der Waals surface area contributed by atoms with Gasteiger partial charge in [0.25, 0.3) is 0 Å². The van der Waals surface area contributed by atoms with E-state index in [1.807, 2.05) is 18.2 Å². The Morgan fingerprint density at radius 2 is 1.95 bits per heavy atom. The minimum atomic E-state index is -0.486. The number of halogens is 2. The van der Waals surface area contributed by atoms with Gasteiger partial charge in [0, 0.05) is 5.69 Å². The first-order valence-corrected chi connectivity index (χ1v) is 7.89. The third-order valence-electron chi connectivity index (χ3n) is 3.73. The summed E-state index contributed by atoms with van der Waals surface area (Å²) in [7, 11) is 0. The Balaban J connectivity index is 1.69. The molecular weight excluding hydrogens is 321 g/mol. The minimum absolute atomic E-state index is 0.201. The van der Waals surface area contributed by atoms with Crippen LogP contribution in [0.25, 0.3) is 0 Å². The number of benzene rings is 2. The maximum Gasteiger partial charge on any atom is 0.412 e. The second-order valence-corrected chi connectivity index (χ2v) is 6.05. The van der Waals surface area contributed by atoms with E-state index in [2.05, 4.69) is 11.4 Å². The largest absolute Gasteiger partial charge is 0.441 e. The van der Waals surface area contributed by atoms with E-state index < -0.39 is 6.09 Å². The van der Waals surface area contributed by atoms with Crippen molar-refractivity contribution in [2.45, 2.75) is 25.4 Å². The van der Waals surface area contributed by atoms with Crippen LogP contribution in [0.4, 0.5) is 10.5 Å². The lowest BCUT2D eigenvalue weighted by Gasteiger charge is -2.25. The van der Waals surface area contributed by atoms with Crippen LogP contribution in [0.2, 0.25) is 10.0 Å². The molecule has 3 rings (SSSR count). The number of amides is 1. The summed E-state index contributed by atoms with van der Waals surface area (Å²) in [6.45, 7) is 0. The summed E-state index contributed by atoms with van der Waals surface area (Å²) >= 11 is 11.8. The number of rotatable bonds is 2. The molecule has 1 aliphatic rings. The Morgan fingerprint density at radius 3 is 2.77 bits per heavy atom. The Kier molecular flexibility index (Phi) is 4.55. The van der Waals surface area contributed by atoms with Gasteiger partial charge >= 0.3 is 6.09 Å². The minimum Gasteiger partial charge on any atom is -0.441 e. The number of hydrogen-bond acceptors (Lipinski definition) is 2. The van der Waals surface area contributed by atoms with Gasteiger partial charge in [0.1, 0.15) is 6.10 Å². The molecule has 1 amide bonds. The van der Waals surface area contributed by atoms with Crippen LogP contribution in [0, 0.1) is 0 Å². The van der Waals surface area contributed by atoms with Gasteiger partial charge in [-0.3, -0.25) is 5.32 Å². The molecule has 0 heterocycles. The van der Waals surface area contributed by atoms with E-state index in [-0.39, 0.29) is 6.10 Å². The monoisotopic (exact) mass is 335 g/mol. The maximum atomic E-state index is 12.1. The lowest BCUT2D eigenvalue weighted by molar-refractivity contribution is 0.0999. The van der Waals surface area contributed by atoms with Gasteiger partial charge in [0.05, 0.1) is 10.0 Å². The zero-order valence-corrected chi connectivity index (χ0v) is 13.3.